The van der Waals surface area contributed by atoms with Crippen molar-refractivity contribution < 1.29 is 0 Å². The van der Waals surface area contributed by atoms with Gasteiger partial charge >= 0.3 is 0 Å². The van der Waals surface area contributed by atoms with E-state index in [-0.39, 0.29) is 0 Å². The van der Waals surface area contributed by atoms with Crippen LogP contribution in [0.5, 0.6) is 0 Å². The smallest absolute Gasteiger partial charge is 0.115 e. The van der Waals surface area contributed by atoms with Crippen LogP contribution in [0.4, 0.5) is 0 Å². The van der Waals surface area contributed by atoms with Crippen molar-refractivity contribution in [1.29, 1.82) is 0 Å². The molecule has 0 amide bonds. The van der Waals surface area contributed by atoms with E-state index in [1.807, 2.05) is 49.4 Å². The van der Waals surface area contributed by atoms with Gasteiger partial charge in [0.1, 0.15) is 5.69 Å². The van der Waals surface area contributed by atoms with Gasteiger partial charge in [0.25, 0.3) is 0 Å². The van der Waals surface area contributed by atoms with Gasteiger partial charge in [0.15, 0.2) is 0 Å². The highest BCUT2D eigenvalue weighted by Crippen LogP contribution is 2.36. The number of nitrogens with zero attached hydrogens (tertiary/aromatic N) is 6. The second-order valence-electron chi connectivity index (χ2n) is 6.42. The lowest BCUT2D eigenvalue weighted by atomic mass is 10.1. The number of aromatic nitrogens is 6. The zero-order valence-corrected chi connectivity index (χ0v) is 15.9. The molecule has 7 heteroatoms. The van der Waals surface area contributed by atoms with Crippen LogP contribution in [-0.4, -0.2) is 29.3 Å². The molecule has 0 unspecified atom stereocenters. The van der Waals surface area contributed by atoms with Crippen LogP contribution in [0.15, 0.2) is 55.6 Å². The molecule has 0 atom stereocenters. The van der Waals surface area contributed by atoms with E-state index in [1.165, 1.54) is 0 Å². The van der Waals surface area contributed by atoms with Crippen LogP contribution in [0.25, 0.3) is 28.6 Å². The topological polar surface area (TPSA) is 53.5 Å². The lowest BCUT2D eigenvalue weighted by Gasteiger charge is -2.07. The molecule has 4 aromatic rings. The Labute approximate surface area is 162 Å². The SMILES string of the molecule is C=Cc1ccc(Cn2nc(-c3cnn(C)c3)c(Cl)c2-c2cnn(C)c2)cc1. The highest BCUT2D eigenvalue weighted by Gasteiger charge is 2.21. The average molecular weight is 379 g/mol. The summed E-state index contributed by atoms with van der Waals surface area (Å²) in [5.41, 5.74) is 5.58. The summed E-state index contributed by atoms with van der Waals surface area (Å²) in [5, 5.41) is 13.9. The highest BCUT2D eigenvalue weighted by atomic mass is 35.5. The van der Waals surface area contributed by atoms with Crippen molar-refractivity contribution in [3.05, 3.63) is 71.8 Å². The van der Waals surface area contributed by atoms with Crippen molar-refractivity contribution >= 4 is 17.7 Å². The fourth-order valence-corrected chi connectivity index (χ4v) is 3.39. The van der Waals surface area contributed by atoms with Crippen LogP contribution >= 0.6 is 11.6 Å². The Balaban J connectivity index is 1.81. The van der Waals surface area contributed by atoms with Gasteiger partial charge < -0.3 is 0 Å². The molecule has 27 heavy (non-hydrogen) atoms. The number of benzene rings is 1. The molecule has 0 bridgehead atoms. The van der Waals surface area contributed by atoms with Crippen molar-refractivity contribution in [2.45, 2.75) is 6.54 Å². The predicted molar refractivity (Wildman–Crippen MR) is 107 cm³/mol. The van der Waals surface area contributed by atoms with Gasteiger partial charge in [0, 0.05) is 37.6 Å². The van der Waals surface area contributed by atoms with Crippen LogP contribution in [0.1, 0.15) is 11.1 Å². The lowest BCUT2D eigenvalue weighted by molar-refractivity contribution is 0.696. The molecule has 3 aromatic heterocycles. The van der Waals surface area contributed by atoms with Crippen LogP contribution < -0.4 is 0 Å². The lowest BCUT2D eigenvalue weighted by Crippen LogP contribution is -2.04. The van der Waals surface area contributed by atoms with Gasteiger partial charge in [-0.1, -0.05) is 48.5 Å². The summed E-state index contributed by atoms with van der Waals surface area (Å²) in [6, 6.07) is 8.23. The third-order valence-electron chi connectivity index (χ3n) is 4.40. The van der Waals surface area contributed by atoms with Crippen molar-refractivity contribution in [2.75, 3.05) is 0 Å². The Bertz CT molecular complexity index is 1100. The zero-order chi connectivity index (χ0) is 19.0. The molecule has 0 N–H and O–H groups in total. The van der Waals surface area contributed by atoms with E-state index in [2.05, 4.69) is 28.9 Å². The molecule has 3 heterocycles. The molecule has 1 aromatic carbocycles. The van der Waals surface area contributed by atoms with Gasteiger partial charge in [-0.3, -0.25) is 14.0 Å². The Morgan fingerprint density at radius 3 is 2.19 bits per heavy atom. The summed E-state index contributed by atoms with van der Waals surface area (Å²) in [6.45, 7) is 4.40. The molecule has 0 saturated carbocycles. The Hall–Kier alpha value is -3.12. The minimum atomic E-state index is 0.596. The van der Waals surface area contributed by atoms with E-state index >= 15 is 0 Å². The predicted octanol–water partition coefficient (Wildman–Crippen LogP) is 4.03. The van der Waals surface area contributed by atoms with Gasteiger partial charge in [0.2, 0.25) is 0 Å². The van der Waals surface area contributed by atoms with E-state index in [1.54, 1.807) is 21.8 Å². The van der Waals surface area contributed by atoms with Crippen LogP contribution in [0, 0.1) is 0 Å². The molecule has 6 nitrogen and oxygen atoms in total. The molecule has 4 rings (SSSR count). The van der Waals surface area contributed by atoms with E-state index in [0.717, 1.165) is 27.9 Å². The van der Waals surface area contributed by atoms with Gasteiger partial charge in [-0.25, -0.2) is 0 Å². The largest absolute Gasteiger partial charge is 0.275 e. The standard InChI is InChI=1S/C20H19ClN6/c1-4-14-5-7-15(8-6-14)11-27-20(17-10-23-26(3)13-17)18(21)19(24-27)16-9-22-25(2)12-16/h4-10,12-13H,1,11H2,2-3H3. The summed E-state index contributed by atoms with van der Waals surface area (Å²) in [6.07, 6.45) is 9.24. The van der Waals surface area contributed by atoms with Crippen molar-refractivity contribution in [3.63, 3.8) is 0 Å². The maximum Gasteiger partial charge on any atom is 0.115 e. The highest BCUT2D eigenvalue weighted by molar-refractivity contribution is 6.35. The average Bonchev–Trinajstić information content (AvgIpc) is 3.35. The molecule has 136 valence electrons. The van der Waals surface area contributed by atoms with E-state index in [9.17, 15) is 0 Å². The third kappa shape index (κ3) is 3.31. The first-order valence-corrected chi connectivity index (χ1v) is 8.88. The monoisotopic (exact) mass is 378 g/mol. The van der Waals surface area contributed by atoms with Crippen LogP contribution in [0.2, 0.25) is 5.02 Å². The fourth-order valence-electron chi connectivity index (χ4n) is 3.03. The number of halogens is 1. The first-order chi connectivity index (χ1) is 13.0. The third-order valence-corrected chi connectivity index (χ3v) is 4.76. The quantitative estimate of drug-likeness (QED) is 0.527. The van der Waals surface area contributed by atoms with Crippen LogP contribution in [-0.2, 0) is 20.6 Å². The second-order valence-corrected chi connectivity index (χ2v) is 6.80. The fraction of sp³-hybridized carbons (Fsp3) is 0.150. The molecule has 0 aliphatic heterocycles. The van der Waals surface area contributed by atoms with Gasteiger partial charge in [0.05, 0.1) is 29.7 Å². The number of rotatable bonds is 5. The normalized spacial score (nSPS) is 11.1. The summed E-state index contributed by atoms with van der Waals surface area (Å²) < 4.78 is 5.42. The van der Waals surface area contributed by atoms with Crippen molar-refractivity contribution in [1.82, 2.24) is 29.3 Å². The van der Waals surface area contributed by atoms with Gasteiger partial charge in [-0.2, -0.15) is 15.3 Å². The van der Waals surface area contributed by atoms with E-state index < -0.39 is 0 Å². The van der Waals surface area contributed by atoms with E-state index in [0.29, 0.717) is 17.3 Å². The summed E-state index contributed by atoms with van der Waals surface area (Å²) in [5.74, 6) is 0. The molecule has 0 aliphatic rings. The molecule has 0 aliphatic carbocycles. The zero-order valence-electron chi connectivity index (χ0n) is 15.2. The Kier molecular flexibility index (Phi) is 4.41. The van der Waals surface area contributed by atoms with Crippen molar-refractivity contribution in [3.8, 4) is 22.5 Å². The molecule has 0 spiro atoms. The molecular weight excluding hydrogens is 360 g/mol. The number of aryl methyl sites for hydroxylation is 2. The molecule has 0 radical (unpaired) electrons. The Morgan fingerprint density at radius 1 is 1.00 bits per heavy atom. The van der Waals surface area contributed by atoms with Gasteiger partial charge in [-0.05, 0) is 11.1 Å². The van der Waals surface area contributed by atoms with E-state index in [4.69, 9.17) is 16.7 Å². The maximum absolute atomic E-state index is 6.76. The molecular formula is C20H19ClN6. The first-order valence-electron chi connectivity index (χ1n) is 8.51. The summed E-state index contributed by atoms with van der Waals surface area (Å²) in [4.78, 5) is 0. The Morgan fingerprint density at radius 2 is 1.63 bits per heavy atom. The minimum absolute atomic E-state index is 0.596. The summed E-state index contributed by atoms with van der Waals surface area (Å²) in [7, 11) is 3.76. The minimum Gasteiger partial charge on any atom is -0.275 e. The number of hydrogen-bond donors (Lipinski definition) is 0. The number of hydrogen-bond acceptors (Lipinski definition) is 3. The van der Waals surface area contributed by atoms with Crippen molar-refractivity contribution in [2.24, 2.45) is 14.1 Å². The van der Waals surface area contributed by atoms with Crippen LogP contribution in [0.3, 0.4) is 0 Å². The molecule has 0 fully saturated rings. The maximum atomic E-state index is 6.76. The first kappa shape index (κ1) is 17.3. The second kappa shape index (κ2) is 6.89. The summed E-state index contributed by atoms with van der Waals surface area (Å²) >= 11 is 6.76. The molecule has 0 saturated heterocycles. The van der Waals surface area contributed by atoms with Gasteiger partial charge in [-0.15, -0.1) is 0 Å².